The lowest BCUT2D eigenvalue weighted by molar-refractivity contribution is 0.538. The van der Waals surface area contributed by atoms with Gasteiger partial charge in [0, 0.05) is 11.8 Å². The van der Waals surface area contributed by atoms with Crippen molar-refractivity contribution in [3.63, 3.8) is 0 Å². The highest BCUT2D eigenvalue weighted by atomic mass is 32.2. The minimum atomic E-state index is -2.86. The normalized spacial score (nSPS) is 13.4. The van der Waals surface area contributed by atoms with E-state index in [4.69, 9.17) is 0 Å². The summed E-state index contributed by atoms with van der Waals surface area (Å²) in [6, 6.07) is 6.70. The molecule has 108 valence electrons. The van der Waals surface area contributed by atoms with Crippen molar-refractivity contribution >= 4 is 9.84 Å². The predicted molar refractivity (Wildman–Crippen MR) is 76.5 cm³/mol. The molecule has 0 bridgehead atoms. The highest BCUT2D eigenvalue weighted by molar-refractivity contribution is 7.91. The zero-order valence-electron chi connectivity index (χ0n) is 11.5. The maximum Gasteiger partial charge on any atom is 0.150 e. The van der Waals surface area contributed by atoms with Crippen LogP contribution in [-0.4, -0.2) is 32.5 Å². The number of hydrogen-bond donors (Lipinski definition) is 1. The lowest BCUT2D eigenvalue weighted by Crippen LogP contribution is -2.30. The van der Waals surface area contributed by atoms with Crippen LogP contribution in [0.15, 0.2) is 24.3 Å². The van der Waals surface area contributed by atoms with Crippen molar-refractivity contribution in [1.82, 2.24) is 5.32 Å². The average Bonchev–Trinajstić information content (AvgIpc) is 2.38. The Morgan fingerprint density at radius 1 is 1.26 bits per heavy atom. The molecule has 1 aromatic rings. The van der Waals surface area contributed by atoms with E-state index in [9.17, 15) is 12.8 Å². The molecule has 5 heteroatoms. The van der Waals surface area contributed by atoms with E-state index >= 15 is 0 Å². The number of nitrogens with one attached hydrogen (secondary N) is 1. The molecule has 0 saturated carbocycles. The monoisotopic (exact) mass is 287 g/mol. The van der Waals surface area contributed by atoms with Gasteiger partial charge in [-0.25, -0.2) is 12.8 Å². The highest BCUT2D eigenvalue weighted by Crippen LogP contribution is 2.05. The third kappa shape index (κ3) is 6.68. The summed E-state index contributed by atoms with van der Waals surface area (Å²) in [5.74, 6) is 0.215. The standard InChI is InChI=1S/C14H22FNO2S/c1-3-19(17,18)10-4-9-16-12(2)11-13-5-7-14(15)8-6-13/h5-8,12,16H,3-4,9-11H2,1-2H3. The molecule has 1 aromatic carbocycles. The summed E-state index contributed by atoms with van der Waals surface area (Å²) in [4.78, 5) is 0. The molecule has 0 spiro atoms. The van der Waals surface area contributed by atoms with Gasteiger partial charge in [-0.3, -0.25) is 0 Å². The van der Waals surface area contributed by atoms with Crippen LogP contribution in [0, 0.1) is 5.82 Å². The van der Waals surface area contributed by atoms with Gasteiger partial charge < -0.3 is 5.32 Å². The lowest BCUT2D eigenvalue weighted by Gasteiger charge is -2.13. The first-order valence-corrected chi connectivity index (χ1v) is 8.43. The quantitative estimate of drug-likeness (QED) is 0.745. The van der Waals surface area contributed by atoms with E-state index in [0.29, 0.717) is 13.0 Å². The second-order valence-electron chi connectivity index (χ2n) is 4.78. The van der Waals surface area contributed by atoms with Crippen LogP contribution in [0.2, 0.25) is 0 Å². The molecule has 0 aromatic heterocycles. The molecule has 0 radical (unpaired) electrons. The zero-order chi connectivity index (χ0) is 14.3. The van der Waals surface area contributed by atoms with Gasteiger partial charge in [-0.15, -0.1) is 0 Å². The minimum Gasteiger partial charge on any atom is -0.314 e. The van der Waals surface area contributed by atoms with Gasteiger partial charge in [0.05, 0.1) is 5.75 Å². The summed E-state index contributed by atoms with van der Waals surface area (Å²) in [5.41, 5.74) is 1.07. The molecule has 0 aliphatic heterocycles. The highest BCUT2D eigenvalue weighted by Gasteiger charge is 2.07. The van der Waals surface area contributed by atoms with Crippen molar-refractivity contribution < 1.29 is 12.8 Å². The van der Waals surface area contributed by atoms with Gasteiger partial charge >= 0.3 is 0 Å². The Bertz CT molecular complexity index is 471. The van der Waals surface area contributed by atoms with Crippen molar-refractivity contribution in [3.05, 3.63) is 35.6 Å². The van der Waals surface area contributed by atoms with Crippen LogP contribution < -0.4 is 5.32 Å². The van der Waals surface area contributed by atoms with Crippen molar-refractivity contribution in [2.75, 3.05) is 18.1 Å². The fourth-order valence-corrected chi connectivity index (χ4v) is 2.70. The fraction of sp³-hybridized carbons (Fsp3) is 0.571. The van der Waals surface area contributed by atoms with Crippen LogP contribution in [-0.2, 0) is 16.3 Å². The number of rotatable bonds is 8. The summed E-state index contributed by atoms with van der Waals surface area (Å²) in [6.07, 6.45) is 1.44. The third-order valence-electron chi connectivity index (χ3n) is 3.02. The lowest BCUT2D eigenvalue weighted by atomic mass is 10.1. The summed E-state index contributed by atoms with van der Waals surface area (Å²) >= 11 is 0. The zero-order valence-corrected chi connectivity index (χ0v) is 12.3. The molecule has 0 fully saturated rings. The van der Waals surface area contributed by atoms with Crippen LogP contribution in [0.25, 0.3) is 0 Å². The van der Waals surface area contributed by atoms with Crippen molar-refractivity contribution in [2.45, 2.75) is 32.7 Å². The van der Waals surface area contributed by atoms with Crippen LogP contribution >= 0.6 is 0 Å². The van der Waals surface area contributed by atoms with Gasteiger partial charge in [0.1, 0.15) is 15.7 Å². The first-order chi connectivity index (χ1) is 8.93. The molecule has 0 heterocycles. The average molecular weight is 287 g/mol. The first-order valence-electron chi connectivity index (χ1n) is 6.61. The summed E-state index contributed by atoms with van der Waals surface area (Å²) in [7, 11) is -2.86. The van der Waals surface area contributed by atoms with Crippen LogP contribution in [0.5, 0.6) is 0 Å². The molecule has 0 aliphatic rings. The van der Waals surface area contributed by atoms with Gasteiger partial charge in [-0.2, -0.15) is 0 Å². The van der Waals surface area contributed by atoms with Gasteiger partial charge in [-0.1, -0.05) is 19.1 Å². The van der Waals surface area contributed by atoms with Crippen LogP contribution in [0.3, 0.4) is 0 Å². The van der Waals surface area contributed by atoms with Gasteiger partial charge in [0.15, 0.2) is 0 Å². The van der Waals surface area contributed by atoms with E-state index < -0.39 is 9.84 Å². The van der Waals surface area contributed by atoms with Gasteiger partial charge in [0.2, 0.25) is 0 Å². The Labute approximate surface area is 115 Å². The Morgan fingerprint density at radius 3 is 2.47 bits per heavy atom. The molecule has 1 atom stereocenters. The van der Waals surface area contributed by atoms with E-state index in [1.807, 2.05) is 6.92 Å². The topological polar surface area (TPSA) is 46.2 Å². The van der Waals surface area contributed by atoms with E-state index in [0.717, 1.165) is 12.0 Å². The van der Waals surface area contributed by atoms with Crippen LogP contribution in [0.4, 0.5) is 4.39 Å². The Kier molecular flexibility index (Phi) is 6.45. The number of halogens is 1. The number of benzene rings is 1. The van der Waals surface area contributed by atoms with Crippen molar-refractivity contribution in [1.29, 1.82) is 0 Å². The Hall–Kier alpha value is -0.940. The smallest absolute Gasteiger partial charge is 0.150 e. The SMILES string of the molecule is CCS(=O)(=O)CCCNC(C)Cc1ccc(F)cc1. The molecular weight excluding hydrogens is 265 g/mol. The second-order valence-corrected chi connectivity index (χ2v) is 7.25. The molecule has 1 unspecified atom stereocenters. The first kappa shape index (κ1) is 16.1. The molecule has 3 nitrogen and oxygen atoms in total. The molecule has 1 N–H and O–H groups in total. The van der Waals surface area contributed by atoms with E-state index in [2.05, 4.69) is 5.32 Å². The fourth-order valence-electron chi connectivity index (χ4n) is 1.83. The van der Waals surface area contributed by atoms with E-state index in [-0.39, 0.29) is 23.4 Å². The maximum absolute atomic E-state index is 12.7. The Balaban J connectivity index is 2.25. The van der Waals surface area contributed by atoms with Crippen molar-refractivity contribution in [2.24, 2.45) is 0 Å². The molecule has 0 saturated heterocycles. The molecule has 0 aliphatic carbocycles. The predicted octanol–water partition coefficient (Wildman–Crippen LogP) is 2.17. The molecular formula is C14H22FNO2S. The second kappa shape index (κ2) is 7.60. The summed E-state index contributed by atoms with van der Waals surface area (Å²) in [6.45, 7) is 4.39. The van der Waals surface area contributed by atoms with Gasteiger partial charge in [-0.05, 0) is 44.0 Å². The van der Waals surface area contributed by atoms with Crippen LogP contribution in [0.1, 0.15) is 25.8 Å². The van der Waals surface area contributed by atoms with E-state index in [1.165, 1.54) is 12.1 Å². The number of sulfone groups is 1. The van der Waals surface area contributed by atoms with Gasteiger partial charge in [0.25, 0.3) is 0 Å². The molecule has 1 rings (SSSR count). The summed E-state index contributed by atoms with van der Waals surface area (Å²) < 4.78 is 35.4. The minimum absolute atomic E-state index is 0.206. The van der Waals surface area contributed by atoms with Crippen molar-refractivity contribution in [3.8, 4) is 0 Å². The number of hydrogen-bond acceptors (Lipinski definition) is 3. The Morgan fingerprint density at radius 2 is 1.89 bits per heavy atom. The molecule has 0 amide bonds. The largest absolute Gasteiger partial charge is 0.314 e. The molecule has 19 heavy (non-hydrogen) atoms. The third-order valence-corrected chi connectivity index (χ3v) is 4.81. The summed E-state index contributed by atoms with van der Waals surface area (Å²) in [5, 5.41) is 3.28. The van der Waals surface area contributed by atoms with E-state index in [1.54, 1.807) is 19.1 Å². The maximum atomic E-state index is 12.7.